The molecule has 0 N–H and O–H groups in total. The number of hydrogen-bond acceptors (Lipinski definition) is 3. The molecule has 0 bridgehead atoms. The van der Waals surface area contributed by atoms with Crippen molar-refractivity contribution in [2.45, 2.75) is 71.3 Å². The second-order valence-corrected chi connectivity index (χ2v) is 7.27. The maximum atomic E-state index is 13.1. The van der Waals surface area contributed by atoms with Gasteiger partial charge in [0, 0.05) is 12.0 Å². The highest BCUT2D eigenvalue weighted by Gasteiger charge is 2.41. The minimum Gasteiger partial charge on any atom is -0.468 e. The van der Waals surface area contributed by atoms with Crippen molar-refractivity contribution < 1.29 is 14.3 Å². The van der Waals surface area contributed by atoms with Crippen LogP contribution in [0, 0.1) is 11.3 Å². The van der Waals surface area contributed by atoms with E-state index in [4.69, 9.17) is 4.74 Å². The maximum Gasteiger partial charge on any atom is 0.325 e. The van der Waals surface area contributed by atoms with Crippen molar-refractivity contribution in [2.75, 3.05) is 13.7 Å². The molecule has 2 aliphatic rings. The molecule has 2 fully saturated rings. The summed E-state index contributed by atoms with van der Waals surface area (Å²) in [5, 5.41) is 0. The molecule has 2 aliphatic carbocycles. The predicted molar refractivity (Wildman–Crippen MR) is 81.7 cm³/mol. The van der Waals surface area contributed by atoms with Crippen LogP contribution in [-0.4, -0.2) is 36.5 Å². The number of esters is 1. The van der Waals surface area contributed by atoms with Crippen molar-refractivity contribution in [3.05, 3.63) is 0 Å². The Balaban J connectivity index is 2.14. The van der Waals surface area contributed by atoms with Gasteiger partial charge < -0.3 is 9.64 Å². The lowest BCUT2D eigenvalue weighted by molar-refractivity contribution is -0.153. The highest BCUT2D eigenvalue weighted by Crippen LogP contribution is 2.42. The third-order valence-electron chi connectivity index (χ3n) is 5.38. The van der Waals surface area contributed by atoms with E-state index in [2.05, 4.69) is 13.8 Å². The van der Waals surface area contributed by atoms with Gasteiger partial charge in [-0.15, -0.1) is 0 Å². The number of ether oxygens (including phenoxy) is 1. The molecule has 1 atom stereocenters. The Bertz CT molecular complexity index is 385. The minimum atomic E-state index is -0.302. The van der Waals surface area contributed by atoms with Gasteiger partial charge in [-0.2, -0.15) is 0 Å². The third-order valence-corrected chi connectivity index (χ3v) is 5.38. The quantitative estimate of drug-likeness (QED) is 0.749. The van der Waals surface area contributed by atoms with E-state index in [1.54, 1.807) is 0 Å². The molecule has 0 heterocycles. The molecule has 1 amide bonds. The normalized spacial score (nSPS) is 25.6. The van der Waals surface area contributed by atoms with Crippen molar-refractivity contribution in [3.8, 4) is 0 Å². The molecule has 2 rings (SSSR count). The molecule has 0 aliphatic heterocycles. The number of rotatable bonds is 4. The zero-order chi connectivity index (χ0) is 15.5. The number of methoxy groups -OCH3 is 1. The van der Waals surface area contributed by atoms with E-state index in [1.165, 1.54) is 13.5 Å². The van der Waals surface area contributed by atoms with Crippen LogP contribution in [0.5, 0.6) is 0 Å². The van der Waals surface area contributed by atoms with Crippen LogP contribution in [-0.2, 0) is 14.3 Å². The van der Waals surface area contributed by atoms with E-state index in [0.717, 1.165) is 44.9 Å². The summed E-state index contributed by atoms with van der Waals surface area (Å²) in [4.78, 5) is 26.6. The van der Waals surface area contributed by atoms with E-state index >= 15 is 0 Å². The van der Waals surface area contributed by atoms with Gasteiger partial charge in [-0.1, -0.05) is 39.5 Å². The van der Waals surface area contributed by atoms with Crippen LogP contribution in [0.2, 0.25) is 0 Å². The summed E-state index contributed by atoms with van der Waals surface area (Å²) in [5.41, 5.74) is 0.0440. The van der Waals surface area contributed by atoms with Crippen molar-refractivity contribution in [3.63, 3.8) is 0 Å². The van der Waals surface area contributed by atoms with Crippen LogP contribution < -0.4 is 0 Å². The van der Waals surface area contributed by atoms with Gasteiger partial charge in [-0.25, -0.2) is 0 Å². The fourth-order valence-electron chi connectivity index (χ4n) is 3.96. The molecular weight excluding hydrogens is 266 g/mol. The number of amides is 1. The lowest BCUT2D eigenvalue weighted by atomic mass is 9.68. The standard InChI is InChI=1S/C17H29NO3/c1-17(2)11-7-6-10-14(17)16(20)18(12-15(19)21-3)13-8-4-5-9-13/h13-14H,4-12H2,1-3H3. The number of carbonyl (C=O) groups is 2. The number of carbonyl (C=O) groups excluding carboxylic acids is 2. The van der Waals surface area contributed by atoms with Crippen molar-refractivity contribution >= 4 is 11.9 Å². The van der Waals surface area contributed by atoms with E-state index in [1.807, 2.05) is 4.90 Å². The molecule has 2 saturated carbocycles. The van der Waals surface area contributed by atoms with Gasteiger partial charge in [0.25, 0.3) is 0 Å². The lowest BCUT2D eigenvalue weighted by Gasteiger charge is -2.41. The van der Waals surface area contributed by atoms with E-state index < -0.39 is 0 Å². The van der Waals surface area contributed by atoms with E-state index in [0.29, 0.717) is 0 Å². The third kappa shape index (κ3) is 3.78. The first kappa shape index (κ1) is 16.3. The molecule has 0 radical (unpaired) electrons. The van der Waals surface area contributed by atoms with Crippen LogP contribution in [0.15, 0.2) is 0 Å². The van der Waals surface area contributed by atoms with Gasteiger partial charge in [0.15, 0.2) is 0 Å². The summed E-state index contributed by atoms with van der Waals surface area (Å²) in [6.07, 6.45) is 8.74. The Kier molecular flexibility index (Phi) is 5.28. The molecule has 1 unspecified atom stereocenters. The Hall–Kier alpha value is -1.06. The molecule has 4 heteroatoms. The highest BCUT2D eigenvalue weighted by atomic mass is 16.5. The zero-order valence-electron chi connectivity index (χ0n) is 13.7. The maximum absolute atomic E-state index is 13.1. The number of hydrogen-bond donors (Lipinski definition) is 0. The summed E-state index contributed by atoms with van der Waals surface area (Å²) >= 11 is 0. The monoisotopic (exact) mass is 295 g/mol. The molecule has 0 aromatic carbocycles. The summed E-state index contributed by atoms with van der Waals surface area (Å²) in [5.74, 6) is -0.0719. The molecule has 0 aromatic heterocycles. The van der Waals surface area contributed by atoms with Crippen LogP contribution in [0.3, 0.4) is 0 Å². The van der Waals surface area contributed by atoms with Crippen LogP contribution in [0.1, 0.15) is 65.2 Å². The summed E-state index contributed by atoms with van der Waals surface area (Å²) in [7, 11) is 1.39. The predicted octanol–water partition coefficient (Wildman–Crippen LogP) is 3.15. The van der Waals surface area contributed by atoms with Gasteiger partial charge in [0.2, 0.25) is 5.91 Å². The largest absolute Gasteiger partial charge is 0.468 e. The van der Waals surface area contributed by atoms with Gasteiger partial charge in [-0.05, 0) is 31.1 Å². The van der Waals surface area contributed by atoms with Crippen LogP contribution >= 0.6 is 0 Å². The molecule has 0 spiro atoms. The lowest BCUT2D eigenvalue weighted by Crippen LogP contribution is -2.49. The van der Waals surface area contributed by atoms with E-state index in [9.17, 15) is 9.59 Å². The molecule has 0 saturated heterocycles. The fraction of sp³-hybridized carbons (Fsp3) is 0.882. The highest BCUT2D eigenvalue weighted by molar-refractivity contribution is 5.84. The van der Waals surface area contributed by atoms with Gasteiger partial charge in [0.05, 0.1) is 7.11 Å². The van der Waals surface area contributed by atoms with Gasteiger partial charge in [0.1, 0.15) is 6.54 Å². The first-order valence-electron chi connectivity index (χ1n) is 8.33. The van der Waals surface area contributed by atoms with Gasteiger partial charge in [-0.3, -0.25) is 9.59 Å². The molecule has 120 valence electrons. The Labute approximate surface area is 128 Å². The molecule has 4 nitrogen and oxygen atoms in total. The smallest absolute Gasteiger partial charge is 0.325 e. The van der Waals surface area contributed by atoms with Crippen LogP contribution in [0.4, 0.5) is 0 Å². The zero-order valence-corrected chi connectivity index (χ0v) is 13.7. The average molecular weight is 295 g/mol. The topological polar surface area (TPSA) is 46.6 Å². The first-order valence-corrected chi connectivity index (χ1v) is 8.33. The van der Waals surface area contributed by atoms with Gasteiger partial charge >= 0.3 is 5.97 Å². The summed E-state index contributed by atoms with van der Waals surface area (Å²) in [6.45, 7) is 4.51. The van der Waals surface area contributed by atoms with Crippen molar-refractivity contribution in [1.29, 1.82) is 0 Å². The first-order chi connectivity index (χ1) is 9.95. The number of nitrogens with zero attached hydrogens (tertiary/aromatic N) is 1. The van der Waals surface area contributed by atoms with E-state index in [-0.39, 0.29) is 35.8 Å². The summed E-state index contributed by atoms with van der Waals surface area (Å²) < 4.78 is 4.80. The van der Waals surface area contributed by atoms with Crippen molar-refractivity contribution in [2.24, 2.45) is 11.3 Å². The fourth-order valence-corrected chi connectivity index (χ4v) is 3.96. The Morgan fingerprint density at radius 2 is 1.71 bits per heavy atom. The molecular formula is C17H29NO3. The molecule has 0 aromatic rings. The van der Waals surface area contributed by atoms with Crippen LogP contribution in [0.25, 0.3) is 0 Å². The second-order valence-electron chi connectivity index (χ2n) is 7.27. The second kappa shape index (κ2) is 6.80. The SMILES string of the molecule is COC(=O)CN(C(=O)C1CCCCC1(C)C)C1CCCC1. The van der Waals surface area contributed by atoms with Crippen molar-refractivity contribution in [1.82, 2.24) is 4.90 Å². The Morgan fingerprint density at radius 1 is 1.10 bits per heavy atom. The average Bonchev–Trinajstić information content (AvgIpc) is 2.97. The summed E-state index contributed by atoms with van der Waals surface area (Å²) in [6, 6.07) is 0.231. The molecule has 21 heavy (non-hydrogen) atoms. The minimum absolute atomic E-state index is 0.0440. The Morgan fingerprint density at radius 3 is 2.29 bits per heavy atom.